The predicted molar refractivity (Wildman–Crippen MR) is 509 cm³/mol. The molecule has 0 saturated carbocycles. The van der Waals surface area contributed by atoms with E-state index < -0.39 is 21.9 Å². The number of aliphatic carboxylic acids is 1. The number of anilines is 4. The number of hydrogen-bond acceptors (Lipinski definition) is 23. The fraction of sp³-hybridized carbons (Fsp3) is 0.500. The summed E-state index contributed by atoms with van der Waals surface area (Å²) in [6.07, 6.45) is 7.43. The van der Waals surface area contributed by atoms with Gasteiger partial charge in [-0.3, -0.25) is 25.0 Å². The highest BCUT2D eigenvalue weighted by Gasteiger charge is 2.20. The van der Waals surface area contributed by atoms with Crippen molar-refractivity contribution in [2.24, 2.45) is 5.73 Å². The van der Waals surface area contributed by atoms with E-state index in [-0.39, 0.29) is 79.1 Å². The first-order valence-corrected chi connectivity index (χ1v) is 44.8. The number of carboxylic acids is 1. The molecule has 0 aliphatic rings. The average molecular weight is 2050 g/mol. The summed E-state index contributed by atoms with van der Waals surface area (Å²) in [5.74, 6) is 5.19. The van der Waals surface area contributed by atoms with Crippen LogP contribution in [0.2, 0.25) is 6.82 Å². The summed E-state index contributed by atoms with van der Waals surface area (Å²) in [5, 5.41) is 56.6. The number of nitrogens with two attached hydrogens (primary N) is 3. The molecule has 0 saturated heterocycles. The molecule has 0 fully saturated rings. The number of carbonyl (C=O) groups is 4. The van der Waals surface area contributed by atoms with Gasteiger partial charge in [0.2, 0.25) is 0 Å². The summed E-state index contributed by atoms with van der Waals surface area (Å²) in [6.45, 7) is 30.6. The number of aromatic hydroxyl groups is 1. The van der Waals surface area contributed by atoms with Crippen molar-refractivity contribution in [1.29, 1.82) is 0 Å². The lowest BCUT2D eigenvalue weighted by atomic mass is 9.87. The van der Waals surface area contributed by atoms with Crippen molar-refractivity contribution in [3.63, 3.8) is 0 Å². The monoisotopic (exact) mass is 2050 g/mol. The largest absolute Gasteiger partial charge is 0.507 e. The van der Waals surface area contributed by atoms with Crippen LogP contribution in [0.5, 0.6) is 34.5 Å². The van der Waals surface area contributed by atoms with Crippen LogP contribution < -0.4 is 66.4 Å². The number of rotatable bonds is 43. The first kappa shape index (κ1) is 114. The molecule has 118 heavy (non-hydrogen) atoms. The standard InChI is InChI=1S/C18H28BCl2N2O2.C17H26Cl2N2O3.C14H22BN2O2.C9H10BrNO3.C9H12BrNO.C6H4BrNO3.C5H13BINO.C2H3ClO/c1-4-16(22-19-13-24)11-15-12-17(23(9-7-20)10-8-21)5-6-18(15)25-14(2)3;1-12(2)24-16-4-3-15(21(7-5-18)8-6-19)10-13(16)9-14(20)11-17(22)23;1-4-13(17-15-9-18)8-11-7-12(16)5-6-14(11)19-10(2)3;1-6(2)14-9-4-3-7(11(12)13)5-8(9)10;1-6(2)12-9-4-3-7(11)5-8(9)10;7-5-3-4(8(10)11)1-2-6(5)9;1-3-5(4-7)8-6(2)9;3-1-2-4/h5-6,12-14,16,22H,4,7-11H2,1-3H3;3-4,10,12,14H,5-9,11,20H2,1-2H3,(H,22,23);5-7,9-10,13,17H,4,8,16H2,1-3H3;3-6H,1-2H3;3-6H,11H2,1-2H3;1-3,9H;5,8-9H,3-4H2,1-2H3;2H,1H2/t16-;14-;13-;;;;5-;/m101...1./s1. The number of nitrogen functional groups attached to an aromatic ring is 2. The molecule has 38 heteroatoms. The van der Waals surface area contributed by atoms with E-state index in [4.69, 9.17) is 119 Å². The molecule has 26 nitrogen and oxygen atoms in total. The topological polar surface area (TPSA) is 382 Å². The maximum atomic E-state index is 10.9. The number of alkyl halides is 6. The SMILES string of the molecule is CC(C)Oc1ccc(N(CCCl)CCCl)cc1C[C@H](N)CC(=O)O.CC(C)Oc1ccc(N)cc1Br.CC(C)Oc1ccc([N+](=O)[O-])cc1Br.CC[C@H](CI)NB(C)O.CC[C@H](Cc1cc(N(CCCl)CCCl)ccc1OC(C)C)N[B]C=O.CC[C@H](Cc1cc(N)ccc1OC(C)C)N[B]C=O.O=CCCl.O=[N+]([O-])c1ccc(O)c(Br)c1. The molecule has 656 valence electrons. The Morgan fingerprint density at radius 2 is 0.873 bits per heavy atom. The Balaban J connectivity index is 0. The second kappa shape index (κ2) is 67.7. The molecule has 0 heterocycles. The molecule has 0 spiro atoms. The van der Waals surface area contributed by atoms with E-state index in [9.17, 15) is 34.6 Å². The minimum Gasteiger partial charge on any atom is -0.507 e. The summed E-state index contributed by atoms with van der Waals surface area (Å²) in [4.78, 5) is 64.8. The third-order valence-electron chi connectivity index (χ3n) is 15.2. The van der Waals surface area contributed by atoms with Crippen LogP contribution in [0, 0.1) is 20.2 Å². The Labute approximate surface area is 763 Å². The number of ether oxygens (including phenoxy) is 5. The van der Waals surface area contributed by atoms with Crippen molar-refractivity contribution in [1.82, 2.24) is 15.7 Å². The van der Waals surface area contributed by atoms with Gasteiger partial charge in [-0.15, -0.1) is 58.0 Å². The first-order chi connectivity index (χ1) is 55.8. The van der Waals surface area contributed by atoms with Crippen LogP contribution in [-0.2, 0) is 38.4 Å². The number of halogens is 9. The van der Waals surface area contributed by atoms with Gasteiger partial charge in [-0.1, -0.05) is 43.4 Å². The van der Waals surface area contributed by atoms with Crippen LogP contribution in [0.1, 0.15) is 132 Å². The highest BCUT2D eigenvalue weighted by molar-refractivity contribution is 14.1. The van der Waals surface area contributed by atoms with E-state index in [2.05, 4.69) is 123 Å². The normalized spacial score (nSPS) is 11.4. The van der Waals surface area contributed by atoms with Crippen LogP contribution >= 0.6 is 128 Å². The number of phenols is 1. The van der Waals surface area contributed by atoms with E-state index in [1.165, 1.54) is 45.2 Å². The van der Waals surface area contributed by atoms with Gasteiger partial charge in [-0.2, -0.15) is 0 Å². The molecule has 0 amide bonds. The van der Waals surface area contributed by atoms with E-state index in [0.29, 0.717) is 70.1 Å². The van der Waals surface area contributed by atoms with Gasteiger partial charge in [-0.25, -0.2) is 0 Å². The van der Waals surface area contributed by atoms with Crippen molar-refractivity contribution in [3.05, 3.63) is 160 Å². The number of hydrogen-bond donors (Lipinski definition) is 9. The molecule has 6 aromatic carbocycles. The van der Waals surface area contributed by atoms with Gasteiger partial charge >= 0.3 is 13.0 Å². The number of phenolic OH excluding ortho intramolecular Hbond substituents is 1. The minimum atomic E-state index is -0.907. The lowest BCUT2D eigenvalue weighted by Gasteiger charge is -2.26. The Bertz CT molecular complexity index is 3800. The fourth-order valence-corrected chi connectivity index (χ4v) is 13.0. The van der Waals surface area contributed by atoms with Crippen molar-refractivity contribution < 1.29 is 67.9 Å². The molecule has 6 aromatic rings. The third kappa shape index (κ3) is 53.2. The number of benzene rings is 6. The average Bonchev–Trinajstić information content (AvgIpc) is 0.837. The van der Waals surface area contributed by atoms with Crippen molar-refractivity contribution in [3.8, 4) is 34.5 Å². The van der Waals surface area contributed by atoms with Gasteiger partial charge in [0.05, 0.1) is 78.5 Å². The molecule has 0 aromatic heterocycles. The quantitative estimate of drug-likeness (QED) is 0.00326. The Kier molecular flexibility index (Phi) is 65.6. The van der Waals surface area contributed by atoms with Gasteiger partial charge in [0, 0.05) is 125 Å². The van der Waals surface area contributed by atoms with Crippen molar-refractivity contribution in [2.45, 2.75) is 196 Å². The van der Waals surface area contributed by atoms with E-state index in [1.807, 2.05) is 136 Å². The lowest BCUT2D eigenvalue weighted by molar-refractivity contribution is -0.385. The third-order valence-corrected chi connectivity index (χ3v) is 19.0. The molecular formula is C80H118B3Br3Cl5IN10O16. The molecule has 4 atom stereocenters. The van der Waals surface area contributed by atoms with Gasteiger partial charge < -0.3 is 96.0 Å². The predicted octanol–water partition coefficient (Wildman–Crippen LogP) is 17.7. The van der Waals surface area contributed by atoms with Crippen LogP contribution in [0.15, 0.2) is 123 Å². The first-order valence-electron chi connectivity index (χ1n) is 38.2. The summed E-state index contributed by atoms with van der Waals surface area (Å²) in [6, 6.07) is 31.8. The minimum absolute atomic E-state index is 0.00407. The van der Waals surface area contributed by atoms with Crippen LogP contribution in [0.25, 0.3) is 0 Å². The van der Waals surface area contributed by atoms with E-state index in [0.717, 1.165) is 129 Å². The van der Waals surface area contributed by atoms with Crippen molar-refractivity contribution >= 4 is 209 Å². The van der Waals surface area contributed by atoms with Crippen LogP contribution in [-0.4, -0.2) is 186 Å². The molecule has 12 N–H and O–H groups in total. The van der Waals surface area contributed by atoms with Crippen LogP contribution in [0.3, 0.4) is 0 Å². The van der Waals surface area contributed by atoms with Crippen LogP contribution in [0.4, 0.5) is 34.1 Å². The smallest absolute Gasteiger partial charge is 0.373 e. The Morgan fingerprint density at radius 3 is 1.18 bits per heavy atom. The van der Waals surface area contributed by atoms with E-state index in [1.54, 1.807) is 12.9 Å². The molecule has 2 radical (unpaired) electrons. The molecular weight excluding hydrogens is 1930 g/mol. The highest BCUT2D eigenvalue weighted by Crippen LogP contribution is 2.34. The number of nitro benzene ring substituents is 2. The maximum absolute atomic E-state index is 10.9. The lowest BCUT2D eigenvalue weighted by Crippen LogP contribution is -2.40. The second-order valence-electron chi connectivity index (χ2n) is 27.0. The Hall–Kier alpha value is -5.79. The number of nitrogens with one attached hydrogen (secondary N) is 3. The van der Waals surface area contributed by atoms with Gasteiger partial charge in [-0.05, 0) is 264 Å². The zero-order chi connectivity index (χ0) is 90.0. The second-order valence-corrected chi connectivity index (χ2v) is 32.3. The summed E-state index contributed by atoms with van der Waals surface area (Å²) in [5.41, 5.74) is 24.0. The highest BCUT2D eigenvalue weighted by atomic mass is 127. The number of non-ortho nitro benzene ring substituents is 2. The summed E-state index contributed by atoms with van der Waals surface area (Å²) >= 11 is 40.3. The molecule has 0 aliphatic carbocycles. The van der Waals surface area contributed by atoms with Gasteiger partial charge in [0.1, 0.15) is 40.8 Å². The molecule has 6 rings (SSSR count). The fourth-order valence-electron chi connectivity index (χ4n) is 10.0. The number of carbonyl (C=O) groups excluding carboxylic acids is 3. The Morgan fingerprint density at radius 1 is 0.542 bits per heavy atom. The number of carboxylic acid groups (broad SMARTS) is 1. The zero-order valence-corrected chi connectivity index (χ0v) is 80.3. The van der Waals surface area contributed by atoms with Crippen molar-refractivity contribution in [2.75, 3.05) is 81.3 Å². The van der Waals surface area contributed by atoms with Gasteiger partial charge in [0.15, 0.2) is 0 Å². The summed E-state index contributed by atoms with van der Waals surface area (Å²) in [7, 11) is 2.52. The number of aldehydes is 1. The zero-order valence-electron chi connectivity index (χ0n) is 69.6. The number of nitro groups is 2. The number of nitrogens with zero attached hydrogens (tertiary/aromatic N) is 4. The maximum Gasteiger partial charge on any atom is 0.373 e. The van der Waals surface area contributed by atoms with E-state index >= 15 is 0 Å². The molecule has 0 unspecified atom stereocenters. The molecule has 0 bridgehead atoms. The van der Waals surface area contributed by atoms with Gasteiger partial charge in [0.25, 0.3) is 26.2 Å². The molecule has 0 aliphatic heterocycles. The summed E-state index contributed by atoms with van der Waals surface area (Å²) < 4.78 is 31.4.